The first kappa shape index (κ1) is 34.9. The summed E-state index contributed by atoms with van der Waals surface area (Å²) in [5.74, 6) is 1.46. The summed E-state index contributed by atoms with van der Waals surface area (Å²) >= 11 is 0. The monoisotopic (exact) mass is 590 g/mol. The zero-order chi connectivity index (χ0) is 25.3. The van der Waals surface area contributed by atoms with E-state index in [0.29, 0.717) is 5.75 Å². The fourth-order valence-corrected chi connectivity index (χ4v) is 11.2. The maximum Gasteiger partial charge on any atom is 0.186 e. The van der Waals surface area contributed by atoms with Gasteiger partial charge >= 0.3 is 0 Å². The molecule has 0 aliphatic carbocycles. The molecule has 0 unspecified atom stereocenters. The molecule has 3 nitrogen and oxygen atoms in total. The second kappa shape index (κ2) is 19.9. The Bertz CT molecular complexity index is 635. The van der Waals surface area contributed by atoms with Crippen molar-refractivity contribution < 1.29 is 31.3 Å². The summed E-state index contributed by atoms with van der Waals surface area (Å²) in [5, 5.41) is 11.8. The van der Waals surface area contributed by atoms with Gasteiger partial charge in [-0.15, -0.1) is 0 Å². The molecule has 0 atom stereocenters. The molecule has 0 amide bonds. The highest BCUT2D eigenvalue weighted by Crippen LogP contribution is 2.61. The van der Waals surface area contributed by atoms with Gasteiger partial charge in [-0.3, -0.25) is 0 Å². The number of phenols is 1. The van der Waals surface area contributed by atoms with Crippen LogP contribution >= 0.6 is 7.26 Å². The molecule has 0 fully saturated rings. The number of halogens is 1. The SMILES string of the molecule is CCCC[P+](CCCC)(CCCC)c1cc(O)ccc1OCCCCCCCC[Si](C)(C)OC.[Br-]. The molecule has 0 radical (unpaired) electrons. The Labute approximate surface area is 230 Å². The average molecular weight is 592 g/mol. The quantitative estimate of drug-likeness (QED) is 0.108. The number of hydrogen-bond acceptors (Lipinski definition) is 3. The number of benzene rings is 1. The molecule has 6 heteroatoms. The molecule has 0 aliphatic heterocycles. The number of unbranched alkanes of at least 4 members (excludes halogenated alkanes) is 8. The van der Waals surface area contributed by atoms with E-state index in [2.05, 4.69) is 39.9 Å². The second-order valence-electron chi connectivity index (χ2n) is 10.7. The Balaban J connectivity index is 0.0000116. The number of ether oxygens (including phenoxy) is 1. The van der Waals surface area contributed by atoms with Gasteiger partial charge in [0.2, 0.25) is 0 Å². The van der Waals surface area contributed by atoms with Crippen molar-refractivity contribution in [1.29, 1.82) is 0 Å². The molecule has 0 spiro atoms. The second-order valence-corrected chi connectivity index (χ2v) is 19.3. The predicted molar refractivity (Wildman–Crippen MR) is 156 cm³/mol. The first-order valence-corrected chi connectivity index (χ1v) is 19.7. The third kappa shape index (κ3) is 13.9. The Morgan fingerprint density at radius 1 is 0.771 bits per heavy atom. The molecule has 1 aromatic rings. The van der Waals surface area contributed by atoms with Crippen molar-refractivity contribution in [2.75, 3.05) is 32.2 Å². The van der Waals surface area contributed by atoms with Crippen LogP contribution in [-0.2, 0) is 4.43 Å². The molecule has 0 aliphatic rings. The van der Waals surface area contributed by atoms with Crippen molar-refractivity contribution in [2.45, 2.75) is 117 Å². The number of phenolic OH excluding ortho intramolecular Hbond substituents is 1. The highest BCUT2D eigenvalue weighted by Gasteiger charge is 2.41. The van der Waals surface area contributed by atoms with Crippen LogP contribution in [0.5, 0.6) is 11.5 Å². The van der Waals surface area contributed by atoms with E-state index in [1.54, 1.807) is 0 Å². The van der Waals surface area contributed by atoms with Crippen molar-refractivity contribution in [1.82, 2.24) is 0 Å². The maximum atomic E-state index is 10.4. The zero-order valence-corrected chi connectivity index (χ0v) is 27.3. The van der Waals surface area contributed by atoms with E-state index in [4.69, 9.17) is 9.16 Å². The van der Waals surface area contributed by atoms with Gasteiger partial charge in [0.25, 0.3) is 0 Å². The molecule has 0 saturated carbocycles. The van der Waals surface area contributed by atoms with Crippen LogP contribution in [0.15, 0.2) is 18.2 Å². The lowest BCUT2D eigenvalue weighted by Gasteiger charge is -2.29. The predicted octanol–water partition coefficient (Wildman–Crippen LogP) is 6.01. The van der Waals surface area contributed by atoms with E-state index in [-0.39, 0.29) is 17.0 Å². The van der Waals surface area contributed by atoms with E-state index in [1.165, 1.54) is 100 Å². The molecule has 1 N–H and O–H groups in total. The van der Waals surface area contributed by atoms with Crippen LogP contribution in [0.1, 0.15) is 97.8 Å². The molecule has 0 heterocycles. The number of hydrogen-bond donors (Lipinski definition) is 1. The lowest BCUT2D eigenvalue weighted by molar-refractivity contribution is -0.00000978. The van der Waals surface area contributed by atoms with E-state index in [9.17, 15) is 5.11 Å². The van der Waals surface area contributed by atoms with Gasteiger partial charge in [-0.05, 0) is 57.0 Å². The van der Waals surface area contributed by atoms with Crippen LogP contribution in [0.4, 0.5) is 0 Å². The summed E-state index contributed by atoms with van der Waals surface area (Å²) in [7, 11) is -0.857. The third-order valence-corrected chi connectivity index (χ3v) is 14.8. The van der Waals surface area contributed by atoms with Crippen molar-refractivity contribution in [3.8, 4) is 11.5 Å². The normalized spacial score (nSPS) is 11.9. The highest BCUT2D eigenvalue weighted by molar-refractivity contribution is 7.83. The van der Waals surface area contributed by atoms with Crippen LogP contribution in [0.3, 0.4) is 0 Å². The van der Waals surface area contributed by atoms with Gasteiger partial charge < -0.3 is 31.3 Å². The number of rotatable bonds is 21. The molecule has 0 aromatic heterocycles. The molecule has 1 aromatic carbocycles. The van der Waals surface area contributed by atoms with E-state index in [1.807, 2.05) is 19.2 Å². The average Bonchev–Trinajstić information content (AvgIpc) is 2.83. The van der Waals surface area contributed by atoms with Crippen molar-refractivity contribution >= 4 is 20.9 Å². The third-order valence-electron chi connectivity index (χ3n) is 7.26. The van der Waals surface area contributed by atoms with Gasteiger partial charge in [-0.2, -0.15) is 0 Å². The van der Waals surface area contributed by atoms with Crippen LogP contribution in [-0.4, -0.2) is 45.6 Å². The topological polar surface area (TPSA) is 38.7 Å². The van der Waals surface area contributed by atoms with Crippen molar-refractivity contribution in [3.63, 3.8) is 0 Å². The maximum absolute atomic E-state index is 10.4. The molecule has 206 valence electrons. The largest absolute Gasteiger partial charge is 1.00 e. The lowest BCUT2D eigenvalue weighted by atomic mass is 10.1. The highest BCUT2D eigenvalue weighted by atomic mass is 79.9. The molecule has 1 rings (SSSR count). The van der Waals surface area contributed by atoms with Gasteiger partial charge in [0.15, 0.2) is 14.1 Å². The molecular formula is C29H56BrO3PSi. The summed E-state index contributed by atoms with van der Waals surface area (Å²) in [5.41, 5.74) is 0. The molecule has 0 bridgehead atoms. The Hall–Kier alpha value is -0.0931. The molecule has 0 saturated heterocycles. The zero-order valence-electron chi connectivity index (χ0n) is 23.8. The van der Waals surface area contributed by atoms with Gasteiger partial charge in [0, 0.05) is 13.2 Å². The first-order valence-electron chi connectivity index (χ1n) is 14.2. The minimum Gasteiger partial charge on any atom is -1.00 e. The minimum absolute atomic E-state index is 0. The van der Waals surface area contributed by atoms with E-state index in [0.717, 1.165) is 18.8 Å². The summed E-state index contributed by atoms with van der Waals surface area (Å²) in [6.07, 6.45) is 19.0. The summed E-state index contributed by atoms with van der Waals surface area (Å²) < 4.78 is 12.1. The Kier molecular flexibility index (Phi) is 19.9. The fraction of sp³-hybridized carbons (Fsp3) is 0.793. The first-order chi connectivity index (χ1) is 16.3. The Morgan fingerprint density at radius 3 is 1.80 bits per heavy atom. The summed E-state index contributed by atoms with van der Waals surface area (Å²) in [6.45, 7) is 12.3. The van der Waals surface area contributed by atoms with Gasteiger partial charge in [0.05, 0.1) is 32.4 Å². The summed E-state index contributed by atoms with van der Waals surface area (Å²) in [4.78, 5) is 0. The standard InChI is InChI=1S/C29H55O3PSi.BrH/c1-7-10-22-33(23-11-8-2,24-12-9-3)29-26-27(30)19-20-28(29)32-21-17-15-13-14-16-18-25-34(5,6)31-4;/h19-20,26H,7-18,21-25H2,1-6H3;1H. The minimum atomic E-state index is -1.38. The Morgan fingerprint density at radius 2 is 1.29 bits per heavy atom. The molecular weight excluding hydrogens is 535 g/mol. The van der Waals surface area contributed by atoms with Crippen LogP contribution in [0.25, 0.3) is 0 Å². The van der Waals surface area contributed by atoms with Crippen LogP contribution < -0.4 is 27.0 Å². The fourth-order valence-electron chi connectivity index (χ4n) is 4.72. The lowest BCUT2D eigenvalue weighted by Crippen LogP contribution is -3.00. The van der Waals surface area contributed by atoms with E-state index < -0.39 is 15.6 Å². The van der Waals surface area contributed by atoms with Gasteiger partial charge in [0.1, 0.15) is 11.1 Å². The van der Waals surface area contributed by atoms with E-state index >= 15 is 0 Å². The van der Waals surface area contributed by atoms with Crippen molar-refractivity contribution in [3.05, 3.63) is 18.2 Å². The van der Waals surface area contributed by atoms with Gasteiger partial charge in [-0.1, -0.05) is 72.1 Å². The van der Waals surface area contributed by atoms with Gasteiger partial charge in [-0.25, -0.2) is 0 Å². The smallest absolute Gasteiger partial charge is 0.186 e. The summed E-state index contributed by atoms with van der Waals surface area (Å²) in [6, 6.07) is 7.20. The number of aromatic hydroxyl groups is 1. The van der Waals surface area contributed by atoms with Crippen molar-refractivity contribution in [2.24, 2.45) is 0 Å². The van der Waals surface area contributed by atoms with Crippen LogP contribution in [0, 0.1) is 0 Å². The molecule has 35 heavy (non-hydrogen) atoms. The van der Waals surface area contributed by atoms with Crippen LogP contribution in [0.2, 0.25) is 19.1 Å².